The molecule has 2 N–H and O–H groups in total. The molecule has 1 heterocycles. The van der Waals surface area contributed by atoms with Crippen molar-refractivity contribution in [1.82, 2.24) is 4.90 Å². The zero-order valence-corrected chi connectivity index (χ0v) is 10.3. The fourth-order valence-electron chi connectivity index (χ4n) is 3.70. The van der Waals surface area contributed by atoms with Crippen LogP contribution in [0.2, 0.25) is 0 Å². The lowest BCUT2D eigenvalue weighted by Gasteiger charge is -2.45. The van der Waals surface area contributed by atoms with E-state index in [1.165, 1.54) is 38.6 Å². The molecular weight excluding hydrogens is 184 g/mol. The van der Waals surface area contributed by atoms with Crippen molar-refractivity contribution in [3.05, 3.63) is 0 Å². The Bertz CT molecular complexity index is 195. The summed E-state index contributed by atoms with van der Waals surface area (Å²) in [4.78, 5) is 2.68. The van der Waals surface area contributed by atoms with Gasteiger partial charge < -0.3 is 5.73 Å². The molecule has 1 saturated heterocycles. The smallest absolute Gasteiger partial charge is 0.0168 e. The van der Waals surface area contributed by atoms with Gasteiger partial charge in [0.15, 0.2) is 0 Å². The number of nitrogens with zero attached hydrogens (tertiary/aromatic N) is 1. The van der Waals surface area contributed by atoms with Crippen LogP contribution in [0.5, 0.6) is 0 Å². The van der Waals surface area contributed by atoms with Crippen LogP contribution >= 0.6 is 0 Å². The Kier molecular flexibility index (Phi) is 3.68. The Morgan fingerprint density at radius 3 is 2.27 bits per heavy atom. The maximum Gasteiger partial charge on any atom is 0.0168 e. The van der Waals surface area contributed by atoms with Crippen molar-refractivity contribution in [3.63, 3.8) is 0 Å². The quantitative estimate of drug-likeness (QED) is 0.719. The maximum absolute atomic E-state index is 6.08. The standard InChI is InChI=1S/C13H26N2/c1-10-5-3-6-11(2)13(10)15-8-4-7-12(14)9-15/h10-13H,3-9,14H2,1-2H3. The third-order valence-corrected chi connectivity index (χ3v) is 4.40. The summed E-state index contributed by atoms with van der Waals surface area (Å²) in [6, 6.07) is 1.24. The minimum absolute atomic E-state index is 0.431. The van der Waals surface area contributed by atoms with E-state index in [0.717, 1.165) is 24.4 Å². The summed E-state index contributed by atoms with van der Waals surface area (Å²) in [5, 5.41) is 0. The van der Waals surface area contributed by atoms with E-state index in [1.807, 2.05) is 0 Å². The zero-order valence-electron chi connectivity index (χ0n) is 10.3. The molecule has 2 nitrogen and oxygen atoms in total. The first-order valence-corrected chi connectivity index (χ1v) is 6.68. The number of likely N-dealkylation sites (tertiary alicyclic amines) is 1. The van der Waals surface area contributed by atoms with Crippen LogP contribution in [0.3, 0.4) is 0 Å². The van der Waals surface area contributed by atoms with Gasteiger partial charge in [-0.15, -0.1) is 0 Å². The van der Waals surface area contributed by atoms with Crippen LogP contribution < -0.4 is 5.73 Å². The van der Waals surface area contributed by atoms with E-state index in [-0.39, 0.29) is 0 Å². The molecule has 1 saturated carbocycles. The highest BCUT2D eigenvalue weighted by Crippen LogP contribution is 2.33. The first kappa shape index (κ1) is 11.4. The number of rotatable bonds is 1. The Labute approximate surface area is 94.2 Å². The summed E-state index contributed by atoms with van der Waals surface area (Å²) in [7, 11) is 0. The van der Waals surface area contributed by atoms with Crippen molar-refractivity contribution in [1.29, 1.82) is 0 Å². The highest BCUT2D eigenvalue weighted by molar-refractivity contribution is 4.89. The van der Waals surface area contributed by atoms with Gasteiger partial charge >= 0.3 is 0 Å². The summed E-state index contributed by atoms with van der Waals surface area (Å²) in [6.07, 6.45) is 6.79. The molecule has 15 heavy (non-hydrogen) atoms. The summed E-state index contributed by atoms with van der Waals surface area (Å²) in [5.41, 5.74) is 6.08. The van der Waals surface area contributed by atoms with Gasteiger partial charge in [0.1, 0.15) is 0 Å². The zero-order chi connectivity index (χ0) is 10.8. The average molecular weight is 210 g/mol. The molecule has 3 atom stereocenters. The van der Waals surface area contributed by atoms with E-state index < -0.39 is 0 Å². The highest BCUT2D eigenvalue weighted by atomic mass is 15.2. The lowest BCUT2D eigenvalue weighted by Crippen LogP contribution is -2.53. The van der Waals surface area contributed by atoms with Gasteiger partial charge in [-0.25, -0.2) is 0 Å². The minimum atomic E-state index is 0.431. The third kappa shape index (κ3) is 2.54. The lowest BCUT2D eigenvalue weighted by molar-refractivity contribution is 0.0481. The van der Waals surface area contributed by atoms with Crippen LogP contribution in [0.4, 0.5) is 0 Å². The first-order valence-electron chi connectivity index (χ1n) is 6.68. The van der Waals surface area contributed by atoms with Crippen molar-refractivity contribution < 1.29 is 0 Å². The molecule has 88 valence electrons. The summed E-state index contributed by atoms with van der Waals surface area (Å²) < 4.78 is 0. The summed E-state index contributed by atoms with van der Waals surface area (Å²) in [5.74, 6) is 1.75. The Morgan fingerprint density at radius 2 is 1.67 bits per heavy atom. The molecule has 2 heteroatoms. The summed E-state index contributed by atoms with van der Waals surface area (Å²) in [6.45, 7) is 7.29. The van der Waals surface area contributed by atoms with Gasteiger partial charge in [0.25, 0.3) is 0 Å². The molecule has 0 amide bonds. The fraction of sp³-hybridized carbons (Fsp3) is 1.00. The predicted octanol–water partition coefficient (Wildman–Crippen LogP) is 2.23. The fourth-order valence-corrected chi connectivity index (χ4v) is 3.70. The van der Waals surface area contributed by atoms with Gasteiger partial charge in [0.2, 0.25) is 0 Å². The molecule has 0 aromatic carbocycles. The normalized spacial score (nSPS) is 44.2. The topological polar surface area (TPSA) is 29.3 Å². The van der Waals surface area contributed by atoms with Gasteiger partial charge in [-0.05, 0) is 44.1 Å². The molecule has 2 fully saturated rings. The minimum Gasteiger partial charge on any atom is -0.327 e. The average Bonchev–Trinajstić information content (AvgIpc) is 2.17. The van der Waals surface area contributed by atoms with Crippen molar-refractivity contribution in [3.8, 4) is 0 Å². The predicted molar refractivity (Wildman–Crippen MR) is 64.7 cm³/mol. The molecule has 3 unspecified atom stereocenters. The molecule has 0 spiro atoms. The molecule has 1 aliphatic carbocycles. The van der Waals surface area contributed by atoms with E-state index in [9.17, 15) is 0 Å². The van der Waals surface area contributed by atoms with Crippen molar-refractivity contribution in [2.45, 2.75) is 58.0 Å². The molecule has 0 aromatic rings. The van der Waals surface area contributed by atoms with E-state index in [0.29, 0.717) is 6.04 Å². The number of hydrogen-bond donors (Lipinski definition) is 1. The van der Waals surface area contributed by atoms with E-state index >= 15 is 0 Å². The number of hydrogen-bond acceptors (Lipinski definition) is 2. The van der Waals surface area contributed by atoms with Crippen LogP contribution in [-0.2, 0) is 0 Å². The number of nitrogens with two attached hydrogens (primary N) is 1. The van der Waals surface area contributed by atoms with Crippen LogP contribution in [-0.4, -0.2) is 30.1 Å². The Morgan fingerprint density at radius 1 is 1.00 bits per heavy atom. The van der Waals surface area contributed by atoms with Crippen LogP contribution in [0.1, 0.15) is 46.0 Å². The third-order valence-electron chi connectivity index (χ3n) is 4.40. The van der Waals surface area contributed by atoms with Gasteiger partial charge in [-0.2, -0.15) is 0 Å². The second kappa shape index (κ2) is 4.84. The van der Waals surface area contributed by atoms with Gasteiger partial charge in [0, 0.05) is 18.6 Å². The van der Waals surface area contributed by atoms with Gasteiger partial charge in [-0.3, -0.25) is 4.90 Å². The molecule has 2 aliphatic rings. The molecular formula is C13H26N2. The van der Waals surface area contributed by atoms with Crippen molar-refractivity contribution in [2.24, 2.45) is 17.6 Å². The second-order valence-corrected chi connectivity index (χ2v) is 5.77. The largest absolute Gasteiger partial charge is 0.327 e. The summed E-state index contributed by atoms with van der Waals surface area (Å²) >= 11 is 0. The van der Waals surface area contributed by atoms with Crippen molar-refractivity contribution in [2.75, 3.05) is 13.1 Å². The first-order chi connectivity index (χ1) is 7.18. The van der Waals surface area contributed by atoms with E-state index in [2.05, 4.69) is 18.7 Å². The highest BCUT2D eigenvalue weighted by Gasteiger charge is 2.34. The molecule has 1 aliphatic heterocycles. The van der Waals surface area contributed by atoms with Crippen LogP contribution in [0.25, 0.3) is 0 Å². The van der Waals surface area contributed by atoms with Crippen LogP contribution in [0.15, 0.2) is 0 Å². The molecule has 0 radical (unpaired) electrons. The van der Waals surface area contributed by atoms with Gasteiger partial charge in [-0.1, -0.05) is 20.3 Å². The number of piperidine rings is 1. The van der Waals surface area contributed by atoms with Gasteiger partial charge in [0.05, 0.1) is 0 Å². The maximum atomic E-state index is 6.08. The molecule has 2 rings (SSSR count). The lowest BCUT2D eigenvalue weighted by atomic mass is 9.77. The second-order valence-electron chi connectivity index (χ2n) is 5.77. The Balaban J connectivity index is 1.99. The van der Waals surface area contributed by atoms with E-state index in [1.54, 1.807) is 0 Å². The van der Waals surface area contributed by atoms with Crippen LogP contribution in [0, 0.1) is 11.8 Å². The SMILES string of the molecule is CC1CCCC(C)C1N1CCCC(N)C1. The Hall–Kier alpha value is -0.0800. The van der Waals surface area contributed by atoms with Crippen molar-refractivity contribution >= 4 is 0 Å². The molecule has 0 bridgehead atoms. The van der Waals surface area contributed by atoms with E-state index in [4.69, 9.17) is 5.73 Å². The monoisotopic (exact) mass is 210 g/mol. The molecule has 0 aromatic heterocycles.